The van der Waals surface area contributed by atoms with Crippen molar-refractivity contribution in [3.05, 3.63) is 54.4 Å². The summed E-state index contributed by atoms with van der Waals surface area (Å²) in [6, 6.07) is 16.3. The predicted octanol–water partition coefficient (Wildman–Crippen LogP) is 4.40. The minimum absolute atomic E-state index is 0.0474. The quantitative estimate of drug-likeness (QED) is 0.524. The molecule has 0 N–H and O–H groups in total. The maximum atomic E-state index is 12.8. The fourth-order valence-electron chi connectivity index (χ4n) is 6.25. The van der Waals surface area contributed by atoms with Crippen LogP contribution in [0.25, 0.3) is 16.6 Å². The van der Waals surface area contributed by atoms with Gasteiger partial charge in [-0.05, 0) is 68.8 Å². The standard InChI is InChI=1S/C30H36N6O/c1-21(2)35-10-8-25(19-35)23-3-5-24(6-4-23)27-17-29-28(7-9-32-36(29)20-27)33-11-13-34(14-12-33)30(37)26-15-22(16-26)18-31/h3-7,9,17,20-22,25-26H,8,10-16,19H2,1-2H3/t22?,25-,26?/m1/s1. The highest BCUT2D eigenvalue weighted by molar-refractivity contribution is 5.82. The van der Waals surface area contributed by atoms with Crippen LogP contribution in [0.1, 0.15) is 44.6 Å². The van der Waals surface area contributed by atoms with Gasteiger partial charge in [0.05, 0.1) is 17.3 Å². The van der Waals surface area contributed by atoms with Crippen molar-refractivity contribution in [1.29, 1.82) is 5.26 Å². The number of carbonyl (C=O) groups is 1. The van der Waals surface area contributed by atoms with Crippen LogP contribution in [-0.4, -0.2) is 70.6 Å². The lowest BCUT2D eigenvalue weighted by Gasteiger charge is -2.40. The number of nitrogens with zero attached hydrogens (tertiary/aromatic N) is 6. The summed E-state index contributed by atoms with van der Waals surface area (Å²) in [5.74, 6) is 0.971. The molecule has 1 aliphatic carbocycles. The summed E-state index contributed by atoms with van der Waals surface area (Å²) in [5.41, 5.74) is 6.09. The molecule has 2 aromatic heterocycles. The Kier molecular flexibility index (Phi) is 6.37. The van der Waals surface area contributed by atoms with Gasteiger partial charge in [0.25, 0.3) is 0 Å². The molecule has 6 rings (SSSR count). The highest BCUT2D eigenvalue weighted by Gasteiger charge is 2.37. The summed E-state index contributed by atoms with van der Waals surface area (Å²) in [7, 11) is 0. The number of benzene rings is 1. The average Bonchev–Trinajstić information content (AvgIpc) is 3.56. The second-order valence-electron chi connectivity index (χ2n) is 11.3. The van der Waals surface area contributed by atoms with Gasteiger partial charge in [0.1, 0.15) is 0 Å². The van der Waals surface area contributed by atoms with E-state index in [0.717, 1.165) is 56.8 Å². The molecule has 7 heteroatoms. The van der Waals surface area contributed by atoms with E-state index in [4.69, 9.17) is 5.26 Å². The summed E-state index contributed by atoms with van der Waals surface area (Å²) >= 11 is 0. The Hall–Kier alpha value is -3.37. The maximum Gasteiger partial charge on any atom is 0.225 e. The van der Waals surface area contributed by atoms with E-state index in [1.165, 1.54) is 29.7 Å². The molecule has 1 saturated carbocycles. The zero-order chi connectivity index (χ0) is 25.5. The lowest BCUT2D eigenvalue weighted by molar-refractivity contribution is -0.139. The third kappa shape index (κ3) is 4.59. The molecule has 2 saturated heterocycles. The number of nitriles is 1. The fourth-order valence-corrected chi connectivity index (χ4v) is 6.25. The van der Waals surface area contributed by atoms with Crippen molar-refractivity contribution in [1.82, 2.24) is 19.4 Å². The van der Waals surface area contributed by atoms with Crippen molar-refractivity contribution in [2.45, 2.75) is 45.1 Å². The zero-order valence-corrected chi connectivity index (χ0v) is 21.9. The molecule has 192 valence electrons. The van der Waals surface area contributed by atoms with Crippen molar-refractivity contribution in [2.75, 3.05) is 44.2 Å². The molecular formula is C30H36N6O. The molecule has 1 atom stereocenters. The first kappa shape index (κ1) is 24.0. The van der Waals surface area contributed by atoms with Crippen LogP contribution in [0.5, 0.6) is 0 Å². The number of hydrogen-bond acceptors (Lipinski definition) is 5. The van der Waals surface area contributed by atoms with Gasteiger partial charge >= 0.3 is 0 Å². The number of piperazine rings is 1. The Bertz CT molecular complexity index is 1310. The number of likely N-dealkylation sites (tertiary alicyclic amines) is 1. The summed E-state index contributed by atoms with van der Waals surface area (Å²) in [5, 5.41) is 13.6. The van der Waals surface area contributed by atoms with Gasteiger partial charge in [0.2, 0.25) is 5.91 Å². The Balaban J connectivity index is 1.14. The van der Waals surface area contributed by atoms with Crippen LogP contribution in [-0.2, 0) is 4.79 Å². The van der Waals surface area contributed by atoms with E-state index >= 15 is 0 Å². The molecule has 1 aromatic carbocycles. The Labute approximate surface area is 219 Å². The van der Waals surface area contributed by atoms with Gasteiger partial charge in [0.15, 0.2) is 0 Å². The number of fused-ring (bicyclic) bond motifs is 1. The van der Waals surface area contributed by atoms with Gasteiger partial charge in [-0.25, -0.2) is 4.52 Å². The molecule has 7 nitrogen and oxygen atoms in total. The van der Waals surface area contributed by atoms with E-state index in [9.17, 15) is 4.79 Å². The number of carbonyl (C=O) groups excluding carboxylic acids is 1. The second kappa shape index (κ2) is 9.83. The minimum atomic E-state index is 0.0474. The lowest BCUT2D eigenvalue weighted by Crippen LogP contribution is -2.52. The monoisotopic (exact) mass is 496 g/mol. The minimum Gasteiger partial charge on any atom is -0.366 e. The molecule has 0 bridgehead atoms. The maximum absolute atomic E-state index is 12.8. The molecule has 37 heavy (non-hydrogen) atoms. The topological polar surface area (TPSA) is 67.9 Å². The summed E-state index contributed by atoms with van der Waals surface area (Å²) in [4.78, 5) is 19.7. The first-order chi connectivity index (χ1) is 18.0. The highest BCUT2D eigenvalue weighted by atomic mass is 16.2. The van der Waals surface area contributed by atoms with Gasteiger partial charge in [-0.2, -0.15) is 10.4 Å². The largest absolute Gasteiger partial charge is 0.366 e. The van der Waals surface area contributed by atoms with E-state index in [-0.39, 0.29) is 17.7 Å². The van der Waals surface area contributed by atoms with Gasteiger partial charge in [-0.1, -0.05) is 24.3 Å². The van der Waals surface area contributed by atoms with E-state index in [1.54, 1.807) is 0 Å². The van der Waals surface area contributed by atoms with Crippen LogP contribution >= 0.6 is 0 Å². The molecule has 0 spiro atoms. The Morgan fingerprint density at radius 2 is 1.78 bits per heavy atom. The smallest absolute Gasteiger partial charge is 0.225 e. The van der Waals surface area contributed by atoms with E-state index in [1.807, 2.05) is 15.6 Å². The van der Waals surface area contributed by atoms with E-state index in [2.05, 4.69) is 77.4 Å². The van der Waals surface area contributed by atoms with Crippen molar-refractivity contribution >= 4 is 17.1 Å². The van der Waals surface area contributed by atoms with Crippen molar-refractivity contribution in [2.24, 2.45) is 11.8 Å². The SMILES string of the molecule is CC(C)N1CC[C@@H](c2ccc(-c3cc4c(N5CCN(C(=O)C6CC(C#N)C6)CC5)ccnn4c3)cc2)C1. The lowest BCUT2D eigenvalue weighted by atomic mass is 9.75. The Morgan fingerprint density at radius 3 is 2.46 bits per heavy atom. The predicted molar refractivity (Wildman–Crippen MR) is 145 cm³/mol. The zero-order valence-electron chi connectivity index (χ0n) is 21.9. The van der Waals surface area contributed by atoms with Crippen LogP contribution in [0.15, 0.2) is 48.8 Å². The molecule has 1 amide bonds. The third-order valence-corrected chi connectivity index (χ3v) is 8.75. The molecule has 2 aliphatic heterocycles. The molecule has 3 fully saturated rings. The van der Waals surface area contributed by atoms with Crippen LogP contribution < -0.4 is 4.90 Å². The van der Waals surface area contributed by atoms with Gasteiger partial charge < -0.3 is 14.7 Å². The van der Waals surface area contributed by atoms with Gasteiger partial charge in [-0.3, -0.25) is 4.79 Å². The summed E-state index contributed by atoms with van der Waals surface area (Å²) in [6.07, 6.45) is 6.67. The van der Waals surface area contributed by atoms with Crippen molar-refractivity contribution in [3.8, 4) is 17.2 Å². The molecule has 3 aromatic rings. The fraction of sp³-hybridized carbons (Fsp3) is 0.500. The second-order valence-corrected chi connectivity index (χ2v) is 11.3. The first-order valence-corrected chi connectivity index (χ1v) is 13.8. The number of rotatable bonds is 5. The van der Waals surface area contributed by atoms with E-state index < -0.39 is 0 Å². The molecule has 0 radical (unpaired) electrons. The van der Waals surface area contributed by atoms with Gasteiger partial charge in [-0.15, -0.1) is 0 Å². The molecule has 3 aliphatic rings. The summed E-state index contributed by atoms with van der Waals surface area (Å²) in [6.45, 7) is 9.98. The van der Waals surface area contributed by atoms with Crippen LogP contribution in [0.3, 0.4) is 0 Å². The normalized spacial score (nSPS) is 24.4. The number of amides is 1. The Morgan fingerprint density at radius 1 is 1.03 bits per heavy atom. The van der Waals surface area contributed by atoms with Crippen LogP contribution in [0.2, 0.25) is 0 Å². The third-order valence-electron chi connectivity index (χ3n) is 8.75. The van der Waals surface area contributed by atoms with Crippen LogP contribution in [0, 0.1) is 23.2 Å². The number of hydrogen-bond donors (Lipinski definition) is 0. The molecular weight excluding hydrogens is 460 g/mol. The summed E-state index contributed by atoms with van der Waals surface area (Å²) < 4.78 is 1.98. The first-order valence-electron chi connectivity index (χ1n) is 13.8. The van der Waals surface area contributed by atoms with E-state index in [0.29, 0.717) is 12.0 Å². The highest BCUT2D eigenvalue weighted by Crippen LogP contribution is 2.35. The molecule has 0 unspecified atom stereocenters. The number of anilines is 1. The van der Waals surface area contributed by atoms with Crippen molar-refractivity contribution in [3.63, 3.8) is 0 Å². The average molecular weight is 497 g/mol. The van der Waals surface area contributed by atoms with Crippen LogP contribution in [0.4, 0.5) is 5.69 Å². The van der Waals surface area contributed by atoms with Gasteiger partial charge in [0, 0.05) is 68.6 Å². The molecule has 4 heterocycles. The number of aromatic nitrogens is 2. The van der Waals surface area contributed by atoms with Crippen molar-refractivity contribution < 1.29 is 4.79 Å².